The van der Waals surface area contributed by atoms with E-state index in [-0.39, 0.29) is 11.4 Å². The molecule has 2 aliphatic rings. The van der Waals surface area contributed by atoms with Crippen LogP contribution in [0.5, 0.6) is 0 Å². The number of carbonyl (C=O) groups excluding carboxylic acids is 1. The average molecular weight is 273 g/mol. The Morgan fingerprint density at radius 1 is 1.25 bits per heavy atom. The number of hydrogen-bond acceptors (Lipinski definition) is 3. The largest absolute Gasteiger partial charge is 0.294 e. The summed E-state index contributed by atoms with van der Waals surface area (Å²) in [5.41, 5.74) is 3.98. The number of hydrogen-bond donors (Lipinski definition) is 3. The van der Waals surface area contributed by atoms with Crippen molar-refractivity contribution >= 4 is 5.91 Å². The number of nitrogens with two attached hydrogens (primary N) is 1. The highest BCUT2D eigenvalue weighted by Crippen LogP contribution is 2.41. The minimum absolute atomic E-state index is 0.0495. The highest BCUT2D eigenvalue weighted by atomic mass is 16.2. The van der Waals surface area contributed by atoms with Crippen LogP contribution in [0.25, 0.3) is 0 Å². The minimum atomic E-state index is -0.735. The Bertz CT molecular complexity index is 522. The van der Waals surface area contributed by atoms with E-state index >= 15 is 0 Å². The van der Waals surface area contributed by atoms with Gasteiger partial charge >= 0.3 is 0 Å². The lowest BCUT2D eigenvalue weighted by Crippen LogP contribution is -2.66. The summed E-state index contributed by atoms with van der Waals surface area (Å²) in [6.07, 6.45) is 7.04. The molecule has 1 heterocycles. The van der Waals surface area contributed by atoms with E-state index < -0.39 is 5.54 Å². The molecule has 108 valence electrons. The first-order valence-electron chi connectivity index (χ1n) is 7.48. The van der Waals surface area contributed by atoms with Gasteiger partial charge in [-0.2, -0.15) is 0 Å². The third kappa shape index (κ3) is 2.03. The van der Waals surface area contributed by atoms with Crippen molar-refractivity contribution in [3.8, 4) is 0 Å². The summed E-state index contributed by atoms with van der Waals surface area (Å²) in [7, 11) is 0. The number of benzene rings is 1. The van der Waals surface area contributed by atoms with E-state index in [1.165, 1.54) is 24.8 Å². The van der Waals surface area contributed by atoms with Crippen LogP contribution >= 0.6 is 0 Å². The summed E-state index contributed by atoms with van der Waals surface area (Å²) in [5, 5.41) is 3.66. The number of hydrazine groups is 1. The van der Waals surface area contributed by atoms with E-state index in [2.05, 4.69) is 22.9 Å². The number of amides is 1. The van der Waals surface area contributed by atoms with Crippen LogP contribution in [0.1, 0.15) is 50.2 Å². The molecule has 0 saturated heterocycles. The van der Waals surface area contributed by atoms with Crippen molar-refractivity contribution in [1.82, 2.24) is 10.7 Å². The smallest absolute Gasteiger partial charge is 0.258 e. The Balaban J connectivity index is 2.07. The predicted octanol–water partition coefficient (Wildman–Crippen LogP) is 1.74. The molecule has 1 aromatic carbocycles. The van der Waals surface area contributed by atoms with Gasteiger partial charge in [0.25, 0.3) is 5.91 Å². The quantitative estimate of drug-likeness (QED) is 0.415. The molecule has 4 N–H and O–H groups in total. The fourth-order valence-corrected chi connectivity index (χ4v) is 4.02. The first-order chi connectivity index (χ1) is 9.60. The lowest BCUT2D eigenvalue weighted by Gasteiger charge is -2.49. The fraction of sp³-hybridized carbons (Fsp3) is 0.562. The Morgan fingerprint density at radius 2 is 1.95 bits per heavy atom. The maximum Gasteiger partial charge on any atom is 0.258 e. The van der Waals surface area contributed by atoms with Gasteiger partial charge in [0, 0.05) is 5.54 Å². The molecular formula is C16H23N3O. The zero-order valence-electron chi connectivity index (χ0n) is 12.0. The van der Waals surface area contributed by atoms with E-state index in [0.29, 0.717) is 0 Å². The van der Waals surface area contributed by atoms with Gasteiger partial charge in [0.05, 0.1) is 0 Å². The van der Waals surface area contributed by atoms with Gasteiger partial charge in [0.1, 0.15) is 5.54 Å². The molecule has 1 aliphatic carbocycles. The molecule has 4 heteroatoms. The Labute approximate surface area is 120 Å². The topological polar surface area (TPSA) is 67.2 Å². The highest BCUT2D eigenvalue weighted by molar-refractivity contribution is 5.87. The second-order valence-corrected chi connectivity index (χ2v) is 6.40. The van der Waals surface area contributed by atoms with Gasteiger partial charge < -0.3 is 0 Å². The maximum absolute atomic E-state index is 12.4. The highest BCUT2D eigenvalue weighted by Gasteiger charge is 2.48. The van der Waals surface area contributed by atoms with Crippen LogP contribution in [0.15, 0.2) is 24.3 Å². The van der Waals surface area contributed by atoms with Gasteiger partial charge in [-0.3, -0.25) is 15.5 Å². The molecule has 1 saturated carbocycles. The summed E-state index contributed by atoms with van der Waals surface area (Å²) in [4.78, 5) is 12.4. The van der Waals surface area contributed by atoms with Gasteiger partial charge in [-0.15, -0.1) is 0 Å². The van der Waals surface area contributed by atoms with E-state index in [9.17, 15) is 4.79 Å². The maximum atomic E-state index is 12.4. The van der Waals surface area contributed by atoms with Crippen molar-refractivity contribution in [3.63, 3.8) is 0 Å². The molecule has 0 unspecified atom stereocenters. The van der Waals surface area contributed by atoms with Crippen molar-refractivity contribution in [3.05, 3.63) is 35.4 Å². The molecule has 1 amide bonds. The van der Waals surface area contributed by atoms with Gasteiger partial charge in [0.2, 0.25) is 0 Å². The molecule has 0 bridgehead atoms. The van der Waals surface area contributed by atoms with Crippen LogP contribution in [-0.2, 0) is 16.8 Å². The number of fused-ring (bicyclic) bond motifs is 1. The van der Waals surface area contributed by atoms with Crippen molar-refractivity contribution in [2.45, 2.75) is 56.5 Å². The monoisotopic (exact) mass is 273 g/mol. The summed E-state index contributed by atoms with van der Waals surface area (Å²) >= 11 is 0. The normalized spacial score (nSPS) is 27.9. The molecule has 3 rings (SSSR count). The van der Waals surface area contributed by atoms with Crippen molar-refractivity contribution < 1.29 is 4.79 Å². The van der Waals surface area contributed by atoms with E-state index in [4.69, 9.17) is 5.84 Å². The third-order valence-electron chi connectivity index (χ3n) is 5.00. The summed E-state index contributed by atoms with van der Waals surface area (Å²) < 4.78 is 0. The van der Waals surface area contributed by atoms with Crippen LogP contribution in [0.3, 0.4) is 0 Å². The first kappa shape index (κ1) is 13.6. The van der Waals surface area contributed by atoms with Gasteiger partial charge in [-0.05, 0) is 37.3 Å². The molecule has 0 aromatic heterocycles. The Morgan fingerprint density at radius 3 is 2.65 bits per heavy atom. The third-order valence-corrected chi connectivity index (χ3v) is 5.00. The molecule has 4 nitrogen and oxygen atoms in total. The molecule has 1 fully saturated rings. The van der Waals surface area contributed by atoms with Crippen LogP contribution in [-0.4, -0.2) is 11.4 Å². The molecule has 1 atom stereocenters. The Kier molecular flexibility index (Phi) is 3.30. The average Bonchev–Trinajstić information content (AvgIpc) is 2.47. The predicted molar refractivity (Wildman–Crippen MR) is 78.8 cm³/mol. The van der Waals surface area contributed by atoms with Crippen LogP contribution in [0.4, 0.5) is 0 Å². The summed E-state index contributed by atoms with van der Waals surface area (Å²) in [6, 6.07) is 8.23. The molecule has 20 heavy (non-hydrogen) atoms. The zero-order valence-corrected chi connectivity index (χ0v) is 12.0. The summed E-state index contributed by atoms with van der Waals surface area (Å²) in [5.74, 6) is 5.27. The number of nitrogens with one attached hydrogen (secondary N) is 2. The zero-order chi connectivity index (χ0) is 14.2. The molecule has 1 aromatic rings. The van der Waals surface area contributed by atoms with Crippen molar-refractivity contribution in [2.75, 3.05) is 0 Å². The van der Waals surface area contributed by atoms with Gasteiger partial charge in [-0.1, -0.05) is 43.5 Å². The standard InChI is InChI=1S/C16H23N3O/c1-15(14(20)18-17)13-8-4-3-7-12(13)11-16(19-15)9-5-2-6-10-16/h3-4,7-8,19H,2,5-6,9-11,17H2,1H3,(H,18,20)/t15-/m0/s1. The molecule has 1 aliphatic heterocycles. The Hall–Kier alpha value is -1.39. The van der Waals surface area contributed by atoms with E-state index in [1.54, 1.807) is 0 Å². The van der Waals surface area contributed by atoms with Crippen molar-refractivity contribution in [2.24, 2.45) is 5.84 Å². The SMILES string of the molecule is C[C@]1(C(=O)NN)NC2(CCCCC2)Cc2ccccc21. The second kappa shape index (κ2) is 4.86. The second-order valence-electron chi connectivity index (χ2n) is 6.40. The molecular weight excluding hydrogens is 250 g/mol. The van der Waals surface area contributed by atoms with Gasteiger partial charge in [-0.25, -0.2) is 5.84 Å². The molecule has 0 radical (unpaired) electrons. The van der Waals surface area contributed by atoms with Crippen LogP contribution < -0.4 is 16.6 Å². The summed E-state index contributed by atoms with van der Waals surface area (Å²) in [6.45, 7) is 1.95. The first-order valence-corrected chi connectivity index (χ1v) is 7.48. The van der Waals surface area contributed by atoms with Gasteiger partial charge in [0.15, 0.2) is 0 Å². The van der Waals surface area contributed by atoms with Crippen LogP contribution in [0, 0.1) is 0 Å². The van der Waals surface area contributed by atoms with E-state index in [0.717, 1.165) is 24.8 Å². The fourth-order valence-electron chi connectivity index (χ4n) is 4.02. The van der Waals surface area contributed by atoms with Crippen LogP contribution in [0.2, 0.25) is 0 Å². The minimum Gasteiger partial charge on any atom is -0.294 e. The van der Waals surface area contributed by atoms with Crippen molar-refractivity contribution in [1.29, 1.82) is 0 Å². The number of rotatable bonds is 1. The molecule has 1 spiro atoms. The number of carbonyl (C=O) groups is 1. The lowest BCUT2D eigenvalue weighted by atomic mass is 9.69. The lowest BCUT2D eigenvalue weighted by molar-refractivity contribution is -0.129. The van der Waals surface area contributed by atoms with E-state index in [1.807, 2.05) is 19.1 Å².